The van der Waals surface area contributed by atoms with Crippen LogP contribution in [-0.4, -0.2) is 38.2 Å². The lowest BCUT2D eigenvalue weighted by Gasteiger charge is -2.14. The first kappa shape index (κ1) is 83.2. The predicted octanol–water partition coefficient (Wildman–Crippen LogP) is 29.3. The number of nitrogens with zero attached hydrogens (tertiary/aromatic N) is 14. The van der Waals surface area contributed by atoms with Crippen LogP contribution in [0.2, 0.25) is 0 Å². The summed E-state index contributed by atoms with van der Waals surface area (Å²) in [4.78, 5) is 17.3. The minimum Gasteiger partial charge on any atom is -0.309 e. The van der Waals surface area contributed by atoms with E-state index in [1.54, 1.807) is 36.9 Å². The highest BCUT2D eigenvalue weighted by Gasteiger charge is 2.22. The van der Waals surface area contributed by atoms with Crippen LogP contribution in [-0.2, 0) is 0 Å². The Balaban J connectivity index is 0.000000108. The van der Waals surface area contributed by atoms with E-state index >= 15 is 0 Å². The molecule has 14 heteroatoms. The molecule has 0 aliphatic carbocycles. The molecule has 0 aliphatic heterocycles. The third-order valence-corrected chi connectivity index (χ3v) is 24.9. The van der Waals surface area contributed by atoms with Gasteiger partial charge in [-0.2, -0.15) is 31.6 Å². The largest absolute Gasteiger partial charge is 0.309 e. The first-order chi connectivity index (χ1) is 67.2. The van der Waals surface area contributed by atoms with E-state index in [-0.39, 0.29) is 0 Å². The van der Waals surface area contributed by atoms with Crippen LogP contribution in [0.25, 0.3) is 199 Å². The SMILES string of the molecule is N#Cc1cc(-c2ccccc2-c2cccc(-n3c4ccccc4c4ccccc43)c2)ccn1.N#Cc1ccc(-c2ccccc2-c2cccc(-n3c4ccccc4c4cc(C#N)ccc43)c2)nc1.N#Cc1ccc2c(c1)c1ccccc1n2-c1cccc(-c2ccccc2-c2cccc(C#N)n2)c1.N#Cc1cnccc1-c1ccccc1-c1cccc(-n2c3ccccc3c3ccccc32)c1. The van der Waals surface area contributed by atoms with Crippen molar-refractivity contribution in [3.63, 3.8) is 0 Å². The van der Waals surface area contributed by atoms with E-state index in [9.17, 15) is 26.3 Å². The summed E-state index contributed by atoms with van der Waals surface area (Å²) in [5.74, 6) is 0. The maximum atomic E-state index is 9.62. The number of nitriles is 6. The predicted molar refractivity (Wildman–Crippen MR) is 546 cm³/mol. The molecule has 0 fully saturated rings. The van der Waals surface area contributed by atoms with E-state index < -0.39 is 0 Å². The molecule has 136 heavy (non-hydrogen) atoms. The van der Waals surface area contributed by atoms with Crippen molar-refractivity contribution in [2.75, 3.05) is 0 Å². The van der Waals surface area contributed by atoms with Crippen LogP contribution in [0, 0.1) is 68.0 Å². The lowest BCUT2D eigenvalue weighted by Crippen LogP contribution is -1.95. The summed E-state index contributed by atoms with van der Waals surface area (Å²) in [7, 11) is 0. The number of hydrogen-bond donors (Lipinski definition) is 0. The monoisotopic (exact) mass is 1730 g/mol. The van der Waals surface area contributed by atoms with E-state index in [0.29, 0.717) is 33.6 Å². The number of para-hydroxylation sites is 6. The first-order valence-electron chi connectivity index (χ1n) is 44.3. The van der Waals surface area contributed by atoms with E-state index in [1.807, 2.05) is 146 Å². The first-order valence-corrected chi connectivity index (χ1v) is 44.3. The Morgan fingerprint density at radius 1 is 0.191 bits per heavy atom. The Kier molecular flexibility index (Phi) is 22.5. The van der Waals surface area contributed by atoms with Crippen molar-refractivity contribution < 1.29 is 0 Å². The Bertz CT molecular complexity index is 9010. The van der Waals surface area contributed by atoms with Gasteiger partial charge in [0.2, 0.25) is 0 Å². The molecule has 0 aliphatic rings. The van der Waals surface area contributed by atoms with Gasteiger partial charge in [0.25, 0.3) is 0 Å². The quantitative estimate of drug-likeness (QED) is 0.113. The third kappa shape index (κ3) is 15.7. The Morgan fingerprint density at radius 2 is 0.522 bits per heavy atom. The number of fused-ring (bicyclic) bond motifs is 12. The second kappa shape index (κ2) is 36.8. The van der Waals surface area contributed by atoms with Crippen molar-refractivity contribution in [2.45, 2.75) is 0 Å². The molecule has 0 saturated carbocycles. The fourth-order valence-corrected chi connectivity index (χ4v) is 18.8. The van der Waals surface area contributed by atoms with Crippen molar-refractivity contribution in [3.05, 3.63) is 483 Å². The molecule has 0 unspecified atom stereocenters. The summed E-state index contributed by atoms with van der Waals surface area (Å²) in [6.45, 7) is 0. The van der Waals surface area contributed by atoms with Crippen molar-refractivity contribution >= 4 is 87.2 Å². The molecule has 14 nitrogen and oxygen atoms in total. The average molecular weight is 1740 g/mol. The number of pyridine rings is 4. The van der Waals surface area contributed by atoms with Gasteiger partial charge < -0.3 is 18.3 Å². The van der Waals surface area contributed by atoms with Gasteiger partial charge in [-0.05, 0) is 225 Å². The molecule has 24 rings (SSSR count). The maximum Gasteiger partial charge on any atom is 0.141 e. The molecule has 0 saturated heterocycles. The molecular weight excluding hydrogens is 1660 g/mol. The Labute approximate surface area is 783 Å². The molecule has 16 aromatic carbocycles. The fourth-order valence-electron chi connectivity index (χ4n) is 18.8. The van der Waals surface area contributed by atoms with Gasteiger partial charge in [-0.25, -0.2) is 9.97 Å². The summed E-state index contributed by atoms with van der Waals surface area (Å²) in [5, 5.41) is 65.5. The molecule has 0 amide bonds. The summed E-state index contributed by atoms with van der Waals surface area (Å²) in [6.07, 6.45) is 6.66. The van der Waals surface area contributed by atoms with Crippen LogP contribution in [0.5, 0.6) is 0 Å². The van der Waals surface area contributed by atoms with Crippen molar-refractivity contribution in [3.8, 4) is 148 Å². The van der Waals surface area contributed by atoms with Gasteiger partial charge in [-0.1, -0.05) is 261 Å². The van der Waals surface area contributed by atoms with E-state index in [2.05, 4.69) is 342 Å². The second-order valence-corrected chi connectivity index (χ2v) is 32.7. The van der Waals surface area contributed by atoms with E-state index in [1.165, 1.54) is 43.6 Å². The molecule has 8 heterocycles. The zero-order valence-electron chi connectivity index (χ0n) is 73.0. The number of hydrogen-bond acceptors (Lipinski definition) is 10. The molecule has 0 atom stereocenters. The van der Waals surface area contributed by atoms with Crippen molar-refractivity contribution in [2.24, 2.45) is 0 Å². The lowest BCUT2D eigenvalue weighted by molar-refractivity contribution is 1.18. The number of benzene rings is 16. The molecule has 0 bridgehead atoms. The molecule has 0 radical (unpaired) electrons. The van der Waals surface area contributed by atoms with Gasteiger partial charge in [0.15, 0.2) is 0 Å². The van der Waals surface area contributed by atoms with Gasteiger partial charge in [-0.3, -0.25) is 9.97 Å². The van der Waals surface area contributed by atoms with Crippen LogP contribution in [0.15, 0.2) is 449 Å². The van der Waals surface area contributed by atoms with Crippen molar-refractivity contribution in [1.29, 1.82) is 31.6 Å². The van der Waals surface area contributed by atoms with Crippen LogP contribution < -0.4 is 0 Å². The topological polar surface area (TPSA) is 214 Å². The van der Waals surface area contributed by atoms with Gasteiger partial charge in [0.1, 0.15) is 35.7 Å². The lowest BCUT2D eigenvalue weighted by atomic mass is 9.93. The maximum absolute atomic E-state index is 9.62. The van der Waals surface area contributed by atoms with Crippen molar-refractivity contribution in [1.82, 2.24) is 38.2 Å². The number of rotatable bonds is 12. The normalized spacial score (nSPS) is 10.9. The summed E-state index contributed by atoms with van der Waals surface area (Å²) >= 11 is 0. The second-order valence-electron chi connectivity index (χ2n) is 32.7. The zero-order chi connectivity index (χ0) is 92.0. The van der Waals surface area contributed by atoms with Gasteiger partial charge in [0.05, 0.1) is 89.9 Å². The minimum absolute atomic E-state index is 0.396. The molecule has 24 aromatic rings. The van der Waals surface area contributed by atoms with Gasteiger partial charge in [-0.15, -0.1) is 0 Å². The fraction of sp³-hybridized carbons (Fsp3) is 0. The highest BCUT2D eigenvalue weighted by atomic mass is 15.0. The Morgan fingerprint density at radius 3 is 0.904 bits per heavy atom. The van der Waals surface area contributed by atoms with Crippen LogP contribution in [0.4, 0.5) is 0 Å². The highest BCUT2D eigenvalue weighted by molar-refractivity contribution is 6.13. The van der Waals surface area contributed by atoms with Gasteiger partial charge >= 0.3 is 0 Å². The molecular formula is C122H74N14. The minimum atomic E-state index is 0.396. The standard InChI is InChI=1S/2C31H18N4.2C30H19N3/c32-19-21-15-16-31-28(17-21)27-12-3-4-14-30(27)35(31)24-9-5-7-22(18-24)25-10-1-2-11-26(25)29-13-6-8-23(20-33)34-29;32-18-21-13-15-31-28(16-21)27-10-3-4-11-30(27)35(31)24-7-5-6-23(17-24)25-8-1-2-9-26(25)29-14-12-22(19-33)20-34-29;31-20-23-18-22(16-17-32-23)26-11-2-1-10-25(26)21-8-7-9-24(19-21)33-29-14-5-3-12-27(29)28-13-4-6-15-30(28)33;31-19-22-20-32-17-16-25(22)26-11-2-1-10-24(26)21-8-7-9-23(18-21)33-29-14-5-3-12-27(29)28-13-4-6-15-30(28)33/h1-18H;1-17,20H;1-19H;1-18,20H. The highest BCUT2D eigenvalue weighted by Crippen LogP contribution is 2.44. The summed E-state index contributed by atoms with van der Waals surface area (Å²) < 4.78 is 9.14. The number of aromatic nitrogens is 8. The summed E-state index contributed by atoms with van der Waals surface area (Å²) in [5.41, 5.74) is 32.8. The van der Waals surface area contributed by atoms with E-state index in [4.69, 9.17) is 5.26 Å². The summed E-state index contributed by atoms with van der Waals surface area (Å²) in [6, 6.07) is 158. The smallest absolute Gasteiger partial charge is 0.141 e. The Hall–Kier alpha value is -19.7. The molecule has 632 valence electrons. The third-order valence-electron chi connectivity index (χ3n) is 24.9. The van der Waals surface area contributed by atoms with E-state index in [0.717, 1.165) is 156 Å². The van der Waals surface area contributed by atoms with Crippen LogP contribution in [0.1, 0.15) is 33.6 Å². The average Bonchev–Trinajstić information content (AvgIpc) is 1.60. The zero-order valence-corrected chi connectivity index (χ0v) is 73.0. The van der Waals surface area contributed by atoms with Crippen LogP contribution >= 0.6 is 0 Å². The molecule has 0 spiro atoms. The van der Waals surface area contributed by atoms with Crippen LogP contribution in [0.3, 0.4) is 0 Å². The van der Waals surface area contributed by atoms with Gasteiger partial charge in [0, 0.05) is 107 Å². The molecule has 8 aromatic heterocycles. The molecule has 0 N–H and O–H groups in total.